The van der Waals surface area contributed by atoms with Crippen molar-refractivity contribution in [1.82, 2.24) is 14.8 Å². The predicted molar refractivity (Wildman–Crippen MR) is 193 cm³/mol. The summed E-state index contributed by atoms with van der Waals surface area (Å²) in [4.78, 5) is 74.0. The average Bonchev–Trinajstić information content (AvgIpc) is 3.10. The van der Waals surface area contributed by atoms with Gasteiger partial charge in [0.2, 0.25) is 23.2 Å². The number of carbonyl (C=O) groups is 5. The molecule has 1 aliphatic heterocycles. The minimum Gasteiger partial charge on any atom is -0.477 e. The largest absolute Gasteiger partial charge is 0.477 e. The maximum Gasteiger partial charge on any atom is 0.410 e. The number of carboxylic acid groups (broad SMARTS) is 1. The van der Waals surface area contributed by atoms with Crippen LogP contribution in [-0.4, -0.2) is 95.1 Å². The first-order valence-corrected chi connectivity index (χ1v) is 17.5. The third-order valence-corrected chi connectivity index (χ3v) is 8.50. The van der Waals surface area contributed by atoms with Crippen LogP contribution in [0.1, 0.15) is 36.7 Å². The van der Waals surface area contributed by atoms with Crippen LogP contribution in [0.5, 0.6) is 0 Å². The van der Waals surface area contributed by atoms with E-state index in [-0.39, 0.29) is 49.1 Å². The summed E-state index contributed by atoms with van der Waals surface area (Å²) in [5, 5.41) is 14.5. The highest BCUT2D eigenvalue weighted by Crippen LogP contribution is 2.26. The van der Waals surface area contributed by atoms with Gasteiger partial charge in [0.05, 0.1) is 29.5 Å². The topological polar surface area (TPSA) is 219 Å². The number of nitrogens with zero attached hydrogens (tertiary/aromatic N) is 3. The Morgan fingerprint density at radius 2 is 1.71 bits per heavy atom. The van der Waals surface area contributed by atoms with Crippen LogP contribution in [0.3, 0.4) is 0 Å². The monoisotopic (exact) mass is 729 g/mol. The van der Waals surface area contributed by atoms with Crippen molar-refractivity contribution < 1.29 is 38.2 Å². The number of nitrogens with one attached hydrogen (secondary N) is 2. The normalized spacial score (nSPS) is 13.2. The molecule has 3 aromatic rings. The molecule has 0 saturated carbocycles. The number of amides is 4. The third kappa shape index (κ3) is 11.2. The number of thioether (sulfide) groups is 1. The van der Waals surface area contributed by atoms with Crippen molar-refractivity contribution in [2.24, 2.45) is 17.4 Å². The highest BCUT2D eigenvalue weighted by molar-refractivity contribution is 7.99. The van der Waals surface area contributed by atoms with Crippen molar-refractivity contribution in [3.8, 4) is 0 Å². The molecule has 1 aromatic heterocycles. The van der Waals surface area contributed by atoms with Gasteiger partial charge < -0.3 is 46.3 Å². The lowest BCUT2D eigenvalue weighted by Gasteiger charge is -2.35. The molecule has 0 bridgehead atoms. The number of benzene rings is 2. The molecule has 0 spiro atoms. The fourth-order valence-electron chi connectivity index (χ4n) is 5.04. The molecule has 17 heteroatoms. The van der Waals surface area contributed by atoms with Gasteiger partial charge in [-0.3, -0.25) is 19.2 Å². The molecule has 1 saturated heterocycles. The zero-order valence-electron chi connectivity index (χ0n) is 28.9. The number of piperazine rings is 1. The summed E-state index contributed by atoms with van der Waals surface area (Å²) < 4.78 is 22.2. The van der Waals surface area contributed by atoms with E-state index in [4.69, 9.17) is 16.2 Å². The summed E-state index contributed by atoms with van der Waals surface area (Å²) in [6.45, 7) is 6.78. The number of pyridine rings is 1. The number of aromatic nitrogens is 1. The molecule has 1 atom stereocenters. The van der Waals surface area contributed by atoms with Crippen LogP contribution < -0.4 is 32.4 Å². The lowest BCUT2D eigenvalue weighted by Crippen LogP contribution is -2.49. The summed E-state index contributed by atoms with van der Waals surface area (Å²) in [6.07, 6.45) is 2.58. The van der Waals surface area contributed by atoms with Crippen LogP contribution in [-0.2, 0) is 32.3 Å². The second-order valence-corrected chi connectivity index (χ2v) is 12.8. The highest BCUT2D eigenvalue weighted by Gasteiger charge is 2.25. The highest BCUT2D eigenvalue weighted by atomic mass is 32.2. The van der Waals surface area contributed by atoms with Crippen LogP contribution in [0.4, 0.5) is 20.6 Å². The standard InChI is InChI=1S/C31H37FN6O7.C3H7NOS/c1-4-36-16-22(30(42)43)28(40)21-13-23(32)25(14-24(21)36)37-9-11-38(12-10-37)31(44)45-17-19-5-7-20(8-6-19)35-26(39)15-34-29(41)27(33)18(2)3;1-6-2-3(4)5/h5-8,13-14,16,18,27H,4,9-12,15,17,33H2,1-3H3,(H,34,41)(H,35,39)(H,42,43);2H2,1H3,(H2,4,5). The summed E-state index contributed by atoms with van der Waals surface area (Å²) in [6, 6.07) is 8.62. The summed E-state index contributed by atoms with van der Waals surface area (Å²) in [7, 11) is 0. The van der Waals surface area contributed by atoms with Crippen LogP contribution >= 0.6 is 11.8 Å². The molecule has 276 valence electrons. The second kappa shape index (κ2) is 18.7. The van der Waals surface area contributed by atoms with E-state index in [1.165, 1.54) is 22.9 Å². The van der Waals surface area contributed by atoms with Gasteiger partial charge in [0, 0.05) is 50.0 Å². The first-order valence-electron chi connectivity index (χ1n) is 16.1. The van der Waals surface area contributed by atoms with Crippen LogP contribution in [0.2, 0.25) is 0 Å². The Hall–Kier alpha value is -5.16. The van der Waals surface area contributed by atoms with E-state index in [0.717, 1.165) is 6.07 Å². The van der Waals surface area contributed by atoms with Crippen molar-refractivity contribution in [1.29, 1.82) is 0 Å². The number of primary amides is 1. The van der Waals surface area contributed by atoms with Gasteiger partial charge in [-0.1, -0.05) is 26.0 Å². The van der Waals surface area contributed by atoms with Gasteiger partial charge in [0.15, 0.2) is 0 Å². The van der Waals surface area contributed by atoms with Crippen LogP contribution in [0.15, 0.2) is 47.4 Å². The van der Waals surface area contributed by atoms with E-state index in [1.807, 2.05) is 20.1 Å². The molecule has 4 rings (SSSR count). The number of carbonyl (C=O) groups excluding carboxylic acids is 4. The number of fused-ring (bicyclic) bond motifs is 1. The van der Waals surface area contributed by atoms with Crippen LogP contribution in [0.25, 0.3) is 10.9 Å². The van der Waals surface area contributed by atoms with Crippen molar-refractivity contribution in [3.63, 3.8) is 0 Å². The van der Waals surface area contributed by atoms with Gasteiger partial charge in [0.25, 0.3) is 0 Å². The minimum absolute atomic E-state index is 0.00258. The Labute approximate surface area is 298 Å². The Kier molecular flexibility index (Phi) is 14.8. The maximum absolute atomic E-state index is 15.2. The molecule has 1 unspecified atom stereocenters. The Bertz CT molecular complexity index is 1790. The van der Waals surface area contributed by atoms with E-state index >= 15 is 4.39 Å². The van der Waals surface area contributed by atoms with Crippen molar-refractivity contribution in [3.05, 3.63) is 69.8 Å². The molecule has 2 heterocycles. The number of halogens is 1. The summed E-state index contributed by atoms with van der Waals surface area (Å²) in [5.74, 6) is -2.71. The molecule has 15 nitrogen and oxygen atoms in total. The summed E-state index contributed by atoms with van der Waals surface area (Å²) in [5.41, 5.74) is 11.2. The number of ether oxygens (including phenoxy) is 1. The number of aryl methyl sites for hydroxylation is 1. The van der Waals surface area contributed by atoms with E-state index < -0.39 is 46.7 Å². The summed E-state index contributed by atoms with van der Waals surface area (Å²) >= 11 is 1.44. The van der Waals surface area contributed by atoms with E-state index in [9.17, 15) is 33.9 Å². The molecule has 51 heavy (non-hydrogen) atoms. The van der Waals surface area contributed by atoms with Gasteiger partial charge in [-0.15, -0.1) is 0 Å². The lowest BCUT2D eigenvalue weighted by molar-refractivity contribution is -0.125. The number of rotatable bonds is 12. The zero-order valence-corrected chi connectivity index (χ0v) is 29.8. The van der Waals surface area contributed by atoms with Gasteiger partial charge in [-0.05, 0) is 48.9 Å². The maximum atomic E-state index is 15.2. The lowest BCUT2D eigenvalue weighted by atomic mass is 10.1. The number of aromatic carboxylic acids is 1. The first-order chi connectivity index (χ1) is 24.2. The Balaban J connectivity index is 0.00000107. The molecule has 1 fully saturated rings. The Morgan fingerprint density at radius 3 is 2.24 bits per heavy atom. The molecule has 2 aromatic carbocycles. The first kappa shape index (κ1) is 40.3. The van der Waals surface area contributed by atoms with Crippen LogP contribution in [0, 0.1) is 11.7 Å². The SMILES string of the molecule is CCn1cc(C(=O)O)c(=O)c2cc(F)c(N3CCN(C(=O)OCc4ccc(NC(=O)CNC(=O)C(N)C(C)C)cc4)CC3)cc21.CSCC(N)=O. The number of hydrogen-bond donors (Lipinski definition) is 5. The van der Waals surface area contributed by atoms with Gasteiger partial charge in [0.1, 0.15) is 18.0 Å². The van der Waals surface area contributed by atoms with Gasteiger partial charge >= 0.3 is 12.1 Å². The molecule has 7 N–H and O–H groups in total. The average molecular weight is 730 g/mol. The third-order valence-electron chi connectivity index (χ3n) is 7.93. The molecule has 0 aliphatic carbocycles. The van der Waals surface area contributed by atoms with E-state index in [1.54, 1.807) is 46.7 Å². The Morgan fingerprint density at radius 1 is 1.06 bits per heavy atom. The molecular formula is C34H44FN7O8S. The number of carboxylic acids is 1. The van der Waals surface area contributed by atoms with E-state index in [0.29, 0.717) is 42.2 Å². The fraction of sp³-hybridized carbons (Fsp3) is 0.412. The van der Waals surface area contributed by atoms with Crippen molar-refractivity contribution in [2.45, 2.75) is 40.0 Å². The minimum atomic E-state index is -1.37. The molecule has 4 amide bonds. The smallest absolute Gasteiger partial charge is 0.410 e. The number of anilines is 2. The number of nitrogens with two attached hydrogens (primary N) is 2. The fourth-order valence-corrected chi connectivity index (χ4v) is 5.33. The van der Waals surface area contributed by atoms with Gasteiger partial charge in [-0.25, -0.2) is 14.0 Å². The van der Waals surface area contributed by atoms with Crippen molar-refractivity contribution >= 4 is 63.8 Å². The second-order valence-electron chi connectivity index (χ2n) is 11.9. The predicted octanol–water partition coefficient (Wildman–Crippen LogP) is 2.19. The zero-order chi connectivity index (χ0) is 37.8. The van der Waals surface area contributed by atoms with Crippen molar-refractivity contribution in [2.75, 3.05) is 54.9 Å². The quantitative estimate of drug-likeness (QED) is 0.182. The molecular weight excluding hydrogens is 685 g/mol. The molecule has 0 radical (unpaired) electrons. The number of hydrogen-bond acceptors (Lipinski definition) is 10. The molecule has 1 aliphatic rings. The van der Waals surface area contributed by atoms with E-state index in [2.05, 4.69) is 10.6 Å². The van der Waals surface area contributed by atoms with Gasteiger partial charge in [-0.2, -0.15) is 11.8 Å².